The first kappa shape index (κ1) is 15.1. The molecular formula is C15H19FN2OS. The molecule has 5 heteroatoms. The van der Waals surface area contributed by atoms with Gasteiger partial charge in [-0.25, -0.2) is 9.37 Å². The minimum Gasteiger partial charge on any atom is -0.388 e. The van der Waals surface area contributed by atoms with Gasteiger partial charge in [0.1, 0.15) is 5.82 Å². The van der Waals surface area contributed by atoms with Crippen molar-refractivity contribution in [2.45, 2.75) is 39.0 Å². The van der Waals surface area contributed by atoms with E-state index >= 15 is 0 Å². The van der Waals surface area contributed by atoms with Crippen molar-refractivity contribution in [3.63, 3.8) is 0 Å². The Bertz CT molecular complexity index is 541. The first-order chi connectivity index (χ1) is 9.56. The molecule has 2 rings (SSSR count). The van der Waals surface area contributed by atoms with E-state index in [9.17, 15) is 9.50 Å². The fourth-order valence-electron chi connectivity index (χ4n) is 2.00. The van der Waals surface area contributed by atoms with Crippen LogP contribution < -0.4 is 5.32 Å². The molecule has 2 unspecified atom stereocenters. The van der Waals surface area contributed by atoms with Crippen LogP contribution in [0.15, 0.2) is 29.8 Å². The number of aryl methyl sites for hydroxylation is 1. The lowest BCUT2D eigenvalue weighted by atomic mass is 10.0. The molecule has 108 valence electrons. The molecule has 1 aromatic heterocycles. The van der Waals surface area contributed by atoms with E-state index in [2.05, 4.69) is 10.3 Å². The van der Waals surface area contributed by atoms with E-state index in [4.69, 9.17) is 0 Å². The summed E-state index contributed by atoms with van der Waals surface area (Å²) in [6.07, 6.45) is 0.00407. The molecule has 0 aliphatic heterocycles. The van der Waals surface area contributed by atoms with Gasteiger partial charge in [0.15, 0.2) is 0 Å². The largest absolute Gasteiger partial charge is 0.388 e. The number of nitrogens with one attached hydrogen (secondary N) is 1. The number of aliphatic hydroxyl groups excluding tert-OH is 1. The van der Waals surface area contributed by atoms with Gasteiger partial charge in [-0.15, -0.1) is 11.3 Å². The number of nitrogens with zero attached hydrogens (tertiary/aromatic N) is 1. The molecule has 2 aromatic rings. The maximum absolute atomic E-state index is 12.8. The molecule has 2 atom stereocenters. The second-order valence-corrected chi connectivity index (χ2v) is 5.89. The van der Waals surface area contributed by atoms with Crippen molar-refractivity contribution in [2.24, 2.45) is 0 Å². The molecular weight excluding hydrogens is 275 g/mol. The highest BCUT2D eigenvalue weighted by atomic mass is 32.1. The Kier molecular flexibility index (Phi) is 5.23. The summed E-state index contributed by atoms with van der Waals surface area (Å²) >= 11 is 1.63. The van der Waals surface area contributed by atoms with E-state index in [0.717, 1.165) is 17.8 Å². The van der Waals surface area contributed by atoms with E-state index in [1.807, 2.05) is 19.4 Å². The van der Waals surface area contributed by atoms with Crippen LogP contribution in [0, 0.1) is 12.7 Å². The van der Waals surface area contributed by atoms with Crippen LogP contribution >= 0.6 is 11.3 Å². The van der Waals surface area contributed by atoms with Crippen LogP contribution in [0.4, 0.5) is 4.39 Å². The van der Waals surface area contributed by atoms with Crippen molar-refractivity contribution in [2.75, 3.05) is 0 Å². The molecule has 0 fully saturated rings. The molecule has 0 bridgehead atoms. The molecule has 0 aliphatic carbocycles. The quantitative estimate of drug-likeness (QED) is 0.860. The summed E-state index contributed by atoms with van der Waals surface area (Å²) in [5, 5.41) is 13.5. The highest BCUT2D eigenvalue weighted by molar-refractivity contribution is 7.09. The highest BCUT2D eigenvalue weighted by Crippen LogP contribution is 2.19. The zero-order chi connectivity index (χ0) is 14.5. The summed E-state index contributed by atoms with van der Waals surface area (Å²) in [5.74, 6) is -0.284. The summed E-state index contributed by atoms with van der Waals surface area (Å²) in [7, 11) is 0. The average Bonchev–Trinajstić information content (AvgIpc) is 2.82. The first-order valence-corrected chi connectivity index (χ1v) is 7.50. The van der Waals surface area contributed by atoms with Gasteiger partial charge in [0.05, 0.1) is 17.3 Å². The van der Waals surface area contributed by atoms with Gasteiger partial charge in [-0.05, 0) is 38.0 Å². The predicted octanol–water partition coefficient (Wildman–Crippen LogP) is 3.19. The normalized spacial score (nSPS) is 14.2. The lowest BCUT2D eigenvalue weighted by Gasteiger charge is -2.18. The average molecular weight is 294 g/mol. The first-order valence-electron chi connectivity index (χ1n) is 6.62. The monoisotopic (exact) mass is 294 g/mol. The summed E-state index contributed by atoms with van der Waals surface area (Å²) in [5.41, 5.74) is 3.63. The number of aliphatic hydroxyl groups is 1. The second kappa shape index (κ2) is 6.92. The molecule has 1 aromatic carbocycles. The topological polar surface area (TPSA) is 45.2 Å². The maximum atomic E-state index is 12.8. The van der Waals surface area contributed by atoms with E-state index in [0.29, 0.717) is 6.42 Å². The molecule has 0 saturated heterocycles. The third-order valence-corrected chi connectivity index (χ3v) is 4.22. The van der Waals surface area contributed by atoms with Crippen LogP contribution in [0.3, 0.4) is 0 Å². The molecule has 0 spiro atoms. The number of hydrogen-bond acceptors (Lipinski definition) is 4. The van der Waals surface area contributed by atoms with Crippen molar-refractivity contribution in [3.05, 3.63) is 51.7 Å². The van der Waals surface area contributed by atoms with Gasteiger partial charge < -0.3 is 10.4 Å². The Morgan fingerprint density at radius 1 is 1.35 bits per heavy atom. The Morgan fingerprint density at radius 3 is 2.65 bits per heavy atom. The van der Waals surface area contributed by atoms with Crippen LogP contribution in [-0.2, 0) is 6.54 Å². The number of thiazole rings is 1. The number of hydrogen-bond donors (Lipinski definition) is 2. The van der Waals surface area contributed by atoms with Gasteiger partial charge in [-0.3, -0.25) is 0 Å². The molecule has 1 heterocycles. The zero-order valence-electron chi connectivity index (χ0n) is 11.6. The van der Waals surface area contributed by atoms with Crippen LogP contribution in [0.2, 0.25) is 0 Å². The number of rotatable bonds is 6. The van der Waals surface area contributed by atoms with E-state index in [-0.39, 0.29) is 11.9 Å². The Labute approximate surface area is 122 Å². The van der Waals surface area contributed by atoms with Crippen molar-refractivity contribution < 1.29 is 9.50 Å². The zero-order valence-corrected chi connectivity index (χ0v) is 12.5. The molecule has 0 saturated carbocycles. The highest BCUT2D eigenvalue weighted by Gasteiger charge is 2.13. The summed E-state index contributed by atoms with van der Waals surface area (Å²) in [6.45, 7) is 4.78. The molecule has 0 radical (unpaired) electrons. The lowest BCUT2D eigenvalue weighted by molar-refractivity contribution is 0.154. The Hall–Kier alpha value is -1.30. The van der Waals surface area contributed by atoms with Crippen molar-refractivity contribution in [1.29, 1.82) is 0 Å². The standard InChI is InChI=1S/C15H19FN2OS/c1-10(17-8-15-11(2)18-9-20-15)7-14(19)12-3-5-13(16)6-4-12/h3-6,9-10,14,17,19H,7-8H2,1-2H3. The molecule has 3 nitrogen and oxygen atoms in total. The van der Waals surface area contributed by atoms with Gasteiger partial charge in [0.2, 0.25) is 0 Å². The van der Waals surface area contributed by atoms with Gasteiger partial charge in [0, 0.05) is 17.5 Å². The van der Waals surface area contributed by atoms with Crippen molar-refractivity contribution in [3.8, 4) is 0 Å². The predicted molar refractivity (Wildman–Crippen MR) is 79.1 cm³/mol. The molecule has 0 aliphatic rings. The van der Waals surface area contributed by atoms with Crippen LogP contribution in [0.5, 0.6) is 0 Å². The van der Waals surface area contributed by atoms with Gasteiger partial charge >= 0.3 is 0 Å². The number of aromatic nitrogens is 1. The minimum atomic E-state index is -0.583. The summed E-state index contributed by atoms with van der Waals surface area (Å²) in [4.78, 5) is 5.42. The smallest absolute Gasteiger partial charge is 0.123 e. The number of benzene rings is 1. The second-order valence-electron chi connectivity index (χ2n) is 4.95. The summed E-state index contributed by atoms with van der Waals surface area (Å²) in [6, 6.07) is 6.16. The Morgan fingerprint density at radius 2 is 2.05 bits per heavy atom. The van der Waals surface area contributed by atoms with Crippen LogP contribution in [-0.4, -0.2) is 16.1 Å². The van der Waals surface area contributed by atoms with Gasteiger partial charge in [0.25, 0.3) is 0 Å². The maximum Gasteiger partial charge on any atom is 0.123 e. The van der Waals surface area contributed by atoms with E-state index < -0.39 is 6.10 Å². The molecule has 20 heavy (non-hydrogen) atoms. The third kappa shape index (κ3) is 4.10. The van der Waals surface area contributed by atoms with Crippen molar-refractivity contribution in [1.82, 2.24) is 10.3 Å². The fourth-order valence-corrected chi connectivity index (χ4v) is 2.73. The third-order valence-electron chi connectivity index (χ3n) is 3.29. The molecule has 0 amide bonds. The van der Waals surface area contributed by atoms with E-state index in [1.54, 1.807) is 23.5 Å². The number of halogens is 1. The molecule has 2 N–H and O–H groups in total. The van der Waals surface area contributed by atoms with Crippen LogP contribution in [0.1, 0.15) is 35.6 Å². The van der Waals surface area contributed by atoms with Crippen LogP contribution in [0.25, 0.3) is 0 Å². The van der Waals surface area contributed by atoms with Crippen molar-refractivity contribution >= 4 is 11.3 Å². The fraction of sp³-hybridized carbons (Fsp3) is 0.400. The summed E-state index contributed by atoms with van der Waals surface area (Å²) < 4.78 is 12.8. The van der Waals surface area contributed by atoms with E-state index in [1.165, 1.54) is 17.0 Å². The van der Waals surface area contributed by atoms with Gasteiger partial charge in [-0.1, -0.05) is 12.1 Å². The minimum absolute atomic E-state index is 0.163. The lowest BCUT2D eigenvalue weighted by Crippen LogP contribution is -2.27. The van der Waals surface area contributed by atoms with Gasteiger partial charge in [-0.2, -0.15) is 0 Å². The SMILES string of the molecule is Cc1ncsc1CNC(C)CC(O)c1ccc(F)cc1. The Balaban J connectivity index is 1.83.